The average molecular weight is 395 g/mol. The van der Waals surface area contributed by atoms with Crippen LogP contribution in [0.3, 0.4) is 0 Å². The molecule has 0 saturated heterocycles. The van der Waals surface area contributed by atoms with Crippen LogP contribution >= 0.6 is 11.6 Å². The van der Waals surface area contributed by atoms with Gasteiger partial charge in [-0.05, 0) is 36.8 Å². The van der Waals surface area contributed by atoms with E-state index in [1.807, 2.05) is 43.3 Å². The molecule has 0 fully saturated rings. The standard InChI is InChI=1S/C22H19ClN2O3/c1-15-2-4-17(5-3-15)22(26)14-21(16-6-8-18(23)9-7-16)24-19-10-12-20(13-11-19)25(27)28/h2-13,21,24H,14H2,1H3. The topological polar surface area (TPSA) is 72.2 Å². The van der Waals surface area contributed by atoms with Crippen molar-refractivity contribution < 1.29 is 9.72 Å². The molecule has 6 heteroatoms. The highest BCUT2D eigenvalue weighted by molar-refractivity contribution is 6.30. The maximum absolute atomic E-state index is 12.8. The summed E-state index contributed by atoms with van der Waals surface area (Å²) in [6.45, 7) is 1.97. The van der Waals surface area contributed by atoms with Gasteiger partial charge >= 0.3 is 0 Å². The van der Waals surface area contributed by atoms with Crippen molar-refractivity contribution in [3.8, 4) is 0 Å². The Morgan fingerprint density at radius 1 is 1.00 bits per heavy atom. The third kappa shape index (κ3) is 4.96. The van der Waals surface area contributed by atoms with E-state index in [0.717, 1.165) is 11.1 Å². The highest BCUT2D eigenvalue weighted by Gasteiger charge is 2.18. The van der Waals surface area contributed by atoms with Gasteiger partial charge in [-0.3, -0.25) is 14.9 Å². The molecule has 0 aliphatic rings. The SMILES string of the molecule is Cc1ccc(C(=O)CC(Nc2ccc([N+](=O)[O-])cc2)c2ccc(Cl)cc2)cc1. The lowest BCUT2D eigenvalue weighted by Gasteiger charge is -2.20. The minimum Gasteiger partial charge on any atom is -0.378 e. The zero-order chi connectivity index (χ0) is 20.1. The predicted octanol–water partition coefficient (Wildman–Crippen LogP) is 5.98. The van der Waals surface area contributed by atoms with Crippen LogP contribution in [0.15, 0.2) is 72.8 Å². The van der Waals surface area contributed by atoms with Crippen LogP contribution in [-0.4, -0.2) is 10.7 Å². The first kappa shape index (κ1) is 19.6. The largest absolute Gasteiger partial charge is 0.378 e. The van der Waals surface area contributed by atoms with E-state index in [1.54, 1.807) is 24.3 Å². The number of Topliss-reactive ketones (excluding diaryl/α,β-unsaturated/α-hetero) is 1. The molecule has 28 heavy (non-hydrogen) atoms. The lowest BCUT2D eigenvalue weighted by atomic mass is 9.97. The molecule has 0 spiro atoms. The third-order valence-corrected chi connectivity index (χ3v) is 4.71. The normalized spacial score (nSPS) is 11.6. The number of carbonyl (C=O) groups is 1. The van der Waals surface area contributed by atoms with Gasteiger partial charge in [0.1, 0.15) is 0 Å². The van der Waals surface area contributed by atoms with Crippen LogP contribution in [0.2, 0.25) is 5.02 Å². The Morgan fingerprint density at radius 3 is 2.18 bits per heavy atom. The van der Waals surface area contributed by atoms with Gasteiger partial charge in [0.15, 0.2) is 5.78 Å². The molecule has 0 aromatic heterocycles. The number of hydrogen-bond donors (Lipinski definition) is 1. The molecule has 0 aliphatic heterocycles. The van der Waals surface area contributed by atoms with Crippen LogP contribution in [0.5, 0.6) is 0 Å². The Hall–Kier alpha value is -3.18. The Kier molecular flexibility index (Phi) is 6.06. The summed E-state index contributed by atoms with van der Waals surface area (Å²) >= 11 is 5.99. The number of anilines is 1. The summed E-state index contributed by atoms with van der Waals surface area (Å²) in [4.78, 5) is 23.2. The zero-order valence-electron chi connectivity index (χ0n) is 15.3. The maximum atomic E-state index is 12.8. The molecular weight excluding hydrogens is 376 g/mol. The van der Waals surface area contributed by atoms with E-state index in [0.29, 0.717) is 16.3 Å². The number of hydrogen-bond acceptors (Lipinski definition) is 4. The molecule has 3 aromatic carbocycles. The smallest absolute Gasteiger partial charge is 0.269 e. The van der Waals surface area contributed by atoms with Gasteiger partial charge in [0.05, 0.1) is 11.0 Å². The monoisotopic (exact) mass is 394 g/mol. The van der Waals surface area contributed by atoms with Crippen LogP contribution in [0.4, 0.5) is 11.4 Å². The Balaban J connectivity index is 1.84. The van der Waals surface area contributed by atoms with Crippen LogP contribution in [0, 0.1) is 17.0 Å². The number of nitrogens with one attached hydrogen (secondary N) is 1. The van der Waals surface area contributed by atoms with Crippen LogP contribution in [0.25, 0.3) is 0 Å². The van der Waals surface area contributed by atoms with E-state index in [4.69, 9.17) is 11.6 Å². The van der Waals surface area contributed by atoms with Crippen LogP contribution in [-0.2, 0) is 0 Å². The summed E-state index contributed by atoms with van der Waals surface area (Å²) in [5.74, 6) is 0.00867. The molecule has 1 N–H and O–H groups in total. The highest BCUT2D eigenvalue weighted by Crippen LogP contribution is 2.27. The van der Waals surface area contributed by atoms with Crippen molar-refractivity contribution in [3.63, 3.8) is 0 Å². The fraction of sp³-hybridized carbons (Fsp3) is 0.136. The predicted molar refractivity (Wildman–Crippen MR) is 111 cm³/mol. The molecule has 0 saturated carbocycles. The fourth-order valence-electron chi connectivity index (χ4n) is 2.87. The number of ketones is 1. The number of benzene rings is 3. The second-order valence-electron chi connectivity index (χ2n) is 6.55. The number of nitrogens with zero attached hydrogens (tertiary/aromatic N) is 1. The second kappa shape index (κ2) is 8.67. The molecule has 5 nitrogen and oxygen atoms in total. The Morgan fingerprint density at radius 2 is 1.61 bits per heavy atom. The molecule has 0 radical (unpaired) electrons. The van der Waals surface area contributed by atoms with Crippen LogP contribution < -0.4 is 5.32 Å². The Labute approximate surface area is 168 Å². The summed E-state index contributed by atoms with van der Waals surface area (Å²) in [5.41, 5.74) is 3.36. The number of halogens is 1. The van der Waals surface area contributed by atoms with Crippen molar-refractivity contribution in [1.82, 2.24) is 0 Å². The van der Waals surface area contributed by atoms with Crippen molar-refractivity contribution >= 4 is 28.8 Å². The third-order valence-electron chi connectivity index (χ3n) is 4.45. The van der Waals surface area contributed by atoms with E-state index in [-0.39, 0.29) is 23.9 Å². The molecule has 0 heterocycles. The van der Waals surface area contributed by atoms with Gasteiger partial charge in [0.25, 0.3) is 5.69 Å². The molecule has 0 bridgehead atoms. The van der Waals surface area contributed by atoms with E-state index < -0.39 is 4.92 Å². The number of non-ortho nitro benzene ring substituents is 1. The number of rotatable bonds is 7. The minimum absolute atomic E-state index is 0.00867. The van der Waals surface area contributed by atoms with Crippen molar-refractivity contribution in [2.45, 2.75) is 19.4 Å². The summed E-state index contributed by atoms with van der Waals surface area (Å²) in [7, 11) is 0. The zero-order valence-corrected chi connectivity index (χ0v) is 16.0. The lowest BCUT2D eigenvalue weighted by Crippen LogP contribution is -2.16. The first-order valence-electron chi connectivity index (χ1n) is 8.79. The maximum Gasteiger partial charge on any atom is 0.269 e. The first-order chi connectivity index (χ1) is 13.4. The van der Waals surface area contributed by atoms with Gasteiger partial charge < -0.3 is 5.32 Å². The van der Waals surface area contributed by atoms with Gasteiger partial charge in [0.2, 0.25) is 0 Å². The molecular formula is C22H19ClN2O3. The quantitative estimate of drug-likeness (QED) is 0.304. The van der Waals surface area contributed by atoms with Crippen LogP contribution in [0.1, 0.15) is 33.9 Å². The van der Waals surface area contributed by atoms with E-state index in [9.17, 15) is 14.9 Å². The van der Waals surface area contributed by atoms with Gasteiger partial charge in [-0.25, -0.2) is 0 Å². The summed E-state index contributed by atoms with van der Waals surface area (Å²) in [6, 6.07) is 20.6. The summed E-state index contributed by atoms with van der Waals surface area (Å²) in [6.07, 6.45) is 0.238. The second-order valence-corrected chi connectivity index (χ2v) is 6.98. The molecule has 1 atom stereocenters. The number of nitro groups is 1. The molecule has 3 aromatic rings. The highest BCUT2D eigenvalue weighted by atomic mass is 35.5. The molecule has 0 amide bonds. The van der Waals surface area contributed by atoms with Crippen molar-refractivity contribution in [2.24, 2.45) is 0 Å². The van der Waals surface area contributed by atoms with E-state index in [1.165, 1.54) is 12.1 Å². The van der Waals surface area contributed by atoms with Gasteiger partial charge in [0, 0.05) is 34.8 Å². The van der Waals surface area contributed by atoms with Crippen molar-refractivity contribution in [1.29, 1.82) is 0 Å². The van der Waals surface area contributed by atoms with Gasteiger partial charge in [-0.15, -0.1) is 0 Å². The van der Waals surface area contributed by atoms with Gasteiger partial charge in [-0.1, -0.05) is 53.6 Å². The lowest BCUT2D eigenvalue weighted by molar-refractivity contribution is -0.384. The minimum atomic E-state index is -0.443. The summed E-state index contributed by atoms with van der Waals surface area (Å²) in [5, 5.41) is 14.8. The number of carbonyl (C=O) groups excluding carboxylic acids is 1. The average Bonchev–Trinajstić information content (AvgIpc) is 2.69. The summed E-state index contributed by atoms with van der Waals surface area (Å²) < 4.78 is 0. The molecule has 142 valence electrons. The molecule has 1 unspecified atom stereocenters. The van der Waals surface area contributed by atoms with Crippen molar-refractivity contribution in [3.05, 3.63) is 105 Å². The number of aryl methyl sites for hydroxylation is 1. The number of nitro benzene ring substituents is 1. The molecule has 3 rings (SSSR count). The first-order valence-corrected chi connectivity index (χ1v) is 9.16. The Bertz CT molecular complexity index is 968. The van der Waals surface area contributed by atoms with E-state index in [2.05, 4.69) is 5.32 Å². The van der Waals surface area contributed by atoms with Gasteiger partial charge in [-0.2, -0.15) is 0 Å². The molecule has 0 aliphatic carbocycles. The van der Waals surface area contributed by atoms with E-state index >= 15 is 0 Å². The fourth-order valence-corrected chi connectivity index (χ4v) is 3.00. The van der Waals surface area contributed by atoms with Crippen molar-refractivity contribution in [2.75, 3.05) is 5.32 Å².